The molecule has 3 rings (SSSR count). The van der Waals surface area contributed by atoms with Gasteiger partial charge < -0.3 is 5.32 Å². The number of hydrogen-bond donors (Lipinski definition) is 1. The summed E-state index contributed by atoms with van der Waals surface area (Å²) in [6, 6.07) is 14.4. The maximum atomic E-state index is 12.7. The minimum absolute atomic E-state index is 0.0902. The largest absolute Gasteiger partial charge is 0.350 e. The fourth-order valence-corrected chi connectivity index (χ4v) is 3.24. The Morgan fingerprint density at radius 2 is 1.75 bits per heavy atom. The SMILES string of the molecule is CC(C)CCCC(C)NC(=O)c1ccc(-n2cnc3ccccc3c2=O)cc1. The van der Waals surface area contributed by atoms with Crippen molar-refractivity contribution < 1.29 is 4.79 Å². The molecule has 28 heavy (non-hydrogen) atoms. The summed E-state index contributed by atoms with van der Waals surface area (Å²) < 4.78 is 1.50. The number of para-hydroxylation sites is 1. The van der Waals surface area contributed by atoms with E-state index in [1.807, 2.05) is 25.1 Å². The molecule has 0 radical (unpaired) electrons. The van der Waals surface area contributed by atoms with Crippen molar-refractivity contribution in [2.75, 3.05) is 0 Å². The predicted octanol–water partition coefficient (Wildman–Crippen LogP) is 4.33. The standard InChI is InChI=1S/C23H27N3O2/c1-16(2)7-6-8-17(3)25-22(27)18-11-13-19(14-12-18)26-15-24-21-10-5-4-9-20(21)23(26)28/h4-5,9-17H,6-8H2,1-3H3,(H,25,27). The molecule has 1 N–H and O–H groups in total. The van der Waals surface area contributed by atoms with Gasteiger partial charge in [0.05, 0.1) is 16.6 Å². The van der Waals surface area contributed by atoms with Gasteiger partial charge in [0.2, 0.25) is 0 Å². The van der Waals surface area contributed by atoms with Crippen molar-refractivity contribution in [3.05, 3.63) is 70.8 Å². The van der Waals surface area contributed by atoms with E-state index >= 15 is 0 Å². The molecule has 0 saturated heterocycles. The number of carbonyl (C=O) groups excluding carboxylic acids is 1. The van der Waals surface area contributed by atoms with Crippen LogP contribution in [-0.2, 0) is 0 Å². The first kappa shape index (κ1) is 19.8. The van der Waals surface area contributed by atoms with Crippen LogP contribution >= 0.6 is 0 Å². The molecule has 0 fully saturated rings. The third-order valence-corrected chi connectivity index (χ3v) is 4.87. The second-order valence-corrected chi connectivity index (χ2v) is 7.68. The van der Waals surface area contributed by atoms with Crippen molar-refractivity contribution >= 4 is 16.8 Å². The highest BCUT2D eigenvalue weighted by molar-refractivity contribution is 5.94. The Bertz CT molecular complexity index is 1010. The second-order valence-electron chi connectivity index (χ2n) is 7.68. The Balaban J connectivity index is 1.71. The lowest BCUT2D eigenvalue weighted by Crippen LogP contribution is -2.32. The topological polar surface area (TPSA) is 64.0 Å². The van der Waals surface area contributed by atoms with Crippen molar-refractivity contribution in [2.45, 2.75) is 46.1 Å². The van der Waals surface area contributed by atoms with E-state index in [-0.39, 0.29) is 17.5 Å². The second kappa shape index (κ2) is 8.83. The minimum Gasteiger partial charge on any atom is -0.350 e. The summed E-state index contributed by atoms with van der Waals surface area (Å²) in [6.07, 6.45) is 4.77. The third-order valence-electron chi connectivity index (χ3n) is 4.87. The maximum absolute atomic E-state index is 12.7. The Hall–Kier alpha value is -2.95. The van der Waals surface area contributed by atoms with Gasteiger partial charge in [-0.25, -0.2) is 4.98 Å². The number of benzene rings is 2. The Morgan fingerprint density at radius 3 is 2.46 bits per heavy atom. The first-order valence-electron chi connectivity index (χ1n) is 9.83. The minimum atomic E-state index is -0.124. The van der Waals surface area contributed by atoms with Crippen molar-refractivity contribution in [3.8, 4) is 5.69 Å². The van der Waals surface area contributed by atoms with Crippen LogP contribution < -0.4 is 10.9 Å². The number of rotatable bonds is 7. The van der Waals surface area contributed by atoms with Crippen LogP contribution in [0, 0.1) is 5.92 Å². The molecule has 1 amide bonds. The van der Waals surface area contributed by atoms with E-state index in [4.69, 9.17) is 0 Å². The summed E-state index contributed by atoms with van der Waals surface area (Å²) >= 11 is 0. The van der Waals surface area contributed by atoms with Crippen LogP contribution in [0.3, 0.4) is 0 Å². The number of nitrogens with zero attached hydrogens (tertiary/aromatic N) is 2. The number of fused-ring (bicyclic) bond motifs is 1. The van der Waals surface area contributed by atoms with E-state index in [0.29, 0.717) is 28.1 Å². The van der Waals surface area contributed by atoms with Crippen LogP contribution in [0.2, 0.25) is 0 Å². The molecule has 1 unspecified atom stereocenters. The molecular formula is C23H27N3O2. The van der Waals surface area contributed by atoms with Gasteiger partial charge in [-0.05, 0) is 55.7 Å². The van der Waals surface area contributed by atoms with Crippen LogP contribution in [-0.4, -0.2) is 21.5 Å². The summed E-state index contributed by atoms with van der Waals surface area (Å²) in [5.74, 6) is 0.594. The van der Waals surface area contributed by atoms with Crippen LogP contribution in [0.5, 0.6) is 0 Å². The number of hydrogen-bond acceptors (Lipinski definition) is 3. The lowest BCUT2D eigenvalue weighted by Gasteiger charge is -2.15. The Kier molecular flexibility index (Phi) is 6.24. The third kappa shape index (κ3) is 4.66. The Labute approximate surface area is 165 Å². The number of amides is 1. The van der Waals surface area contributed by atoms with Crippen LogP contribution in [0.25, 0.3) is 16.6 Å². The molecule has 1 aromatic heterocycles. The van der Waals surface area contributed by atoms with Gasteiger partial charge in [-0.2, -0.15) is 0 Å². The summed E-state index contributed by atoms with van der Waals surface area (Å²) in [5, 5.41) is 3.62. The van der Waals surface area contributed by atoms with Gasteiger partial charge in [0.25, 0.3) is 11.5 Å². The molecule has 2 aromatic carbocycles. The highest BCUT2D eigenvalue weighted by atomic mass is 16.1. The Morgan fingerprint density at radius 1 is 1.04 bits per heavy atom. The van der Waals surface area contributed by atoms with E-state index in [0.717, 1.165) is 12.8 Å². The molecule has 5 heteroatoms. The zero-order valence-electron chi connectivity index (χ0n) is 16.7. The molecule has 0 aliphatic carbocycles. The number of nitrogens with one attached hydrogen (secondary N) is 1. The first-order chi connectivity index (χ1) is 13.5. The molecule has 1 heterocycles. The normalized spacial score (nSPS) is 12.3. The summed E-state index contributed by atoms with van der Waals surface area (Å²) in [7, 11) is 0. The fraction of sp³-hybridized carbons (Fsp3) is 0.348. The van der Waals surface area contributed by atoms with Crippen molar-refractivity contribution in [1.29, 1.82) is 0 Å². The highest BCUT2D eigenvalue weighted by Gasteiger charge is 2.11. The quantitative estimate of drug-likeness (QED) is 0.666. The summed E-state index contributed by atoms with van der Waals surface area (Å²) in [6.45, 7) is 6.45. The fourth-order valence-electron chi connectivity index (χ4n) is 3.24. The average Bonchev–Trinajstić information content (AvgIpc) is 2.68. The number of aromatic nitrogens is 2. The smallest absolute Gasteiger partial charge is 0.265 e. The predicted molar refractivity (Wildman–Crippen MR) is 113 cm³/mol. The molecule has 0 spiro atoms. The molecule has 0 aliphatic heterocycles. The zero-order valence-corrected chi connectivity index (χ0v) is 16.7. The first-order valence-corrected chi connectivity index (χ1v) is 9.83. The number of carbonyl (C=O) groups is 1. The van der Waals surface area contributed by atoms with E-state index < -0.39 is 0 Å². The van der Waals surface area contributed by atoms with Crippen LogP contribution in [0.1, 0.15) is 50.4 Å². The van der Waals surface area contributed by atoms with Crippen molar-refractivity contribution in [3.63, 3.8) is 0 Å². The molecule has 0 saturated carbocycles. The molecule has 0 aliphatic rings. The van der Waals surface area contributed by atoms with Crippen LogP contribution in [0.15, 0.2) is 59.7 Å². The van der Waals surface area contributed by atoms with Crippen LogP contribution in [0.4, 0.5) is 0 Å². The van der Waals surface area contributed by atoms with E-state index in [9.17, 15) is 9.59 Å². The molecule has 1 atom stereocenters. The lowest BCUT2D eigenvalue weighted by atomic mass is 10.0. The molecule has 146 valence electrons. The zero-order chi connectivity index (χ0) is 20.1. The van der Waals surface area contributed by atoms with E-state index in [2.05, 4.69) is 24.1 Å². The summed E-state index contributed by atoms with van der Waals surface area (Å²) in [4.78, 5) is 29.5. The molecule has 0 bridgehead atoms. The summed E-state index contributed by atoms with van der Waals surface area (Å²) in [5.41, 5.74) is 1.82. The van der Waals surface area contributed by atoms with Gasteiger partial charge in [0.15, 0.2) is 0 Å². The van der Waals surface area contributed by atoms with Gasteiger partial charge in [-0.3, -0.25) is 14.2 Å². The molecule has 3 aromatic rings. The van der Waals surface area contributed by atoms with E-state index in [1.165, 1.54) is 17.3 Å². The van der Waals surface area contributed by atoms with Gasteiger partial charge in [0.1, 0.15) is 6.33 Å². The molecule has 5 nitrogen and oxygen atoms in total. The van der Waals surface area contributed by atoms with Crippen molar-refractivity contribution in [1.82, 2.24) is 14.9 Å². The average molecular weight is 377 g/mol. The molecular weight excluding hydrogens is 350 g/mol. The maximum Gasteiger partial charge on any atom is 0.265 e. The van der Waals surface area contributed by atoms with Gasteiger partial charge >= 0.3 is 0 Å². The van der Waals surface area contributed by atoms with Gasteiger partial charge in [-0.15, -0.1) is 0 Å². The van der Waals surface area contributed by atoms with Crippen molar-refractivity contribution in [2.24, 2.45) is 5.92 Å². The monoisotopic (exact) mass is 377 g/mol. The van der Waals surface area contributed by atoms with E-state index in [1.54, 1.807) is 30.3 Å². The lowest BCUT2D eigenvalue weighted by molar-refractivity contribution is 0.0938. The van der Waals surface area contributed by atoms with Gasteiger partial charge in [-0.1, -0.05) is 38.8 Å². The van der Waals surface area contributed by atoms with Gasteiger partial charge in [0, 0.05) is 11.6 Å². The highest BCUT2D eigenvalue weighted by Crippen LogP contribution is 2.12.